The maximum absolute atomic E-state index is 13.0. The normalized spacial score (nSPS) is 19.5. The quantitative estimate of drug-likeness (QED) is 0.175. The maximum atomic E-state index is 13.0. The highest BCUT2D eigenvalue weighted by molar-refractivity contribution is 8.00. The molecule has 0 radical (unpaired) electrons. The van der Waals surface area contributed by atoms with Gasteiger partial charge in [-0.15, -0.1) is 11.8 Å². The topological polar surface area (TPSA) is 161 Å². The molecule has 0 spiro atoms. The Hall–Kier alpha value is -3.87. The molecule has 0 saturated carbocycles. The second-order valence-electron chi connectivity index (χ2n) is 6.98. The maximum Gasteiger partial charge on any atom is 0.535 e. The number of β-lactam (4-membered cyclic amide) rings is 1. The molecule has 0 bridgehead atoms. The van der Waals surface area contributed by atoms with Crippen LogP contribution in [-0.2, 0) is 33.5 Å². The number of carbonyl (C=O) groups excluding carboxylic acids is 4. The highest BCUT2D eigenvalue weighted by Crippen LogP contribution is 2.40. The third-order valence-electron chi connectivity index (χ3n) is 4.72. The van der Waals surface area contributed by atoms with Gasteiger partial charge < -0.3 is 19.9 Å². The summed E-state index contributed by atoms with van der Waals surface area (Å²) in [6.45, 7) is 2.56. The van der Waals surface area contributed by atoms with Crippen LogP contribution in [0.4, 0.5) is 4.79 Å². The molecule has 1 saturated heterocycles. The molecule has 2 amide bonds. The lowest BCUT2D eigenvalue weighted by atomic mass is 10.0. The second kappa shape index (κ2) is 10.8. The van der Waals surface area contributed by atoms with Gasteiger partial charge in [-0.1, -0.05) is 35.5 Å². The van der Waals surface area contributed by atoms with E-state index in [1.807, 2.05) is 0 Å². The number of hydrogen-bond acceptors (Lipinski definition) is 10. The number of esters is 1. The lowest BCUT2D eigenvalue weighted by Gasteiger charge is -2.49. The molecular weight excluding hydrogens is 470 g/mol. The second-order valence-corrected chi connectivity index (χ2v) is 8.08. The summed E-state index contributed by atoms with van der Waals surface area (Å²) < 4.78 is 9.52. The Kier molecular flexibility index (Phi) is 7.89. The summed E-state index contributed by atoms with van der Waals surface area (Å²) in [5.41, 5.74) is 0.0452. The van der Waals surface area contributed by atoms with Crippen molar-refractivity contribution in [2.45, 2.75) is 25.3 Å². The first-order valence-electron chi connectivity index (χ1n) is 10.1. The van der Waals surface area contributed by atoms with E-state index < -0.39 is 41.3 Å². The number of aliphatic carboxylic acids is 1. The smallest absolute Gasteiger partial charge is 0.477 e. The molecule has 2 atom stereocenters. The number of benzene rings is 1. The monoisotopic (exact) mass is 491 g/mol. The Morgan fingerprint density at radius 3 is 2.53 bits per heavy atom. The summed E-state index contributed by atoms with van der Waals surface area (Å²) in [5, 5.41) is 15.1. The summed E-state index contributed by atoms with van der Waals surface area (Å²) in [6.07, 6.45) is -1.10. The van der Waals surface area contributed by atoms with E-state index in [0.29, 0.717) is 5.56 Å². The van der Waals surface area contributed by atoms with Gasteiger partial charge in [-0.05, 0) is 6.92 Å². The molecule has 1 fully saturated rings. The molecule has 180 valence electrons. The molecule has 0 aromatic heterocycles. The molecule has 3 rings (SSSR count). The van der Waals surface area contributed by atoms with Crippen molar-refractivity contribution in [1.29, 1.82) is 0 Å². The predicted octanol–water partition coefficient (Wildman–Crippen LogP) is 0.866. The molecular formula is C21H21N3O9S. The van der Waals surface area contributed by atoms with Crippen LogP contribution in [0.25, 0.3) is 0 Å². The van der Waals surface area contributed by atoms with Crippen LogP contribution in [0.3, 0.4) is 0 Å². The van der Waals surface area contributed by atoms with Crippen molar-refractivity contribution in [3.8, 4) is 0 Å². The van der Waals surface area contributed by atoms with Crippen LogP contribution in [0.1, 0.15) is 19.4 Å². The van der Waals surface area contributed by atoms with Crippen LogP contribution in [0.15, 0.2) is 46.8 Å². The van der Waals surface area contributed by atoms with E-state index in [-0.39, 0.29) is 35.9 Å². The van der Waals surface area contributed by atoms with Crippen molar-refractivity contribution in [3.63, 3.8) is 0 Å². The third kappa shape index (κ3) is 5.36. The zero-order valence-corrected chi connectivity index (χ0v) is 19.0. The SMILES string of the molecule is CCOC(=O)O/N=C(/C(=O)N[C@@H]1C(=O)N2C(C(=O)O)=C(COC(C)=O)CS[C@H]12)c1ccccc1. The van der Waals surface area contributed by atoms with E-state index in [2.05, 4.69) is 20.0 Å². The first kappa shape index (κ1) is 24.8. The van der Waals surface area contributed by atoms with Crippen LogP contribution in [0.5, 0.6) is 0 Å². The van der Waals surface area contributed by atoms with Crippen LogP contribution in [0.2, 0.25) is 0 Å². The molecule has 2 aliphatic rings. The van der Waals surface area contributed by atoms with E-state index >= 15 is 0 Å². The molecule has 2 heterocycles. The molecule has 2 N–H and O–H groups in total. The molecule has 2 aliphatic heterocycles. The van der Waals surface area contributed by atoms with Gasteiger partial charge in [-0.2, -0.15) is 0 Å². The predicted molar refractivity (Wildman–Crippen MR) is 117 cm³/mol. The molecule has 1 aromatic rings. The van der Waals surface area contributed by atoms with E-state index in [1.165, 1.54) is 18.7 Å². The van der Waals surface area contributed by atoms with Crippen LogP contribution in [0, 0.1) is 0 Å². The number of amides is 2. The zero-order chi connectivity index (χ0) is 24.8. The number of rotatable bonds is 8. The van der Waals surface area contributed by atoms with Crippen molar-refractivity contribution in [3.05, 3.63) is 47.2 Å². The zero-order valence-electron chi connectivity index (χ0n) is 18.2. The highest BCUT2D eigenvalue weighted by Gasteiger charge is 2.54. The molecule has 0 aliphatic carbocycles. The average molecular weight is 491 g/mol. The van der Waals surface area contributed by atoms with Gasteiger partial charge >= 0.3 is 18.1 Å². The fourth-order valence-corrected chi connectivity index (χ4v) is 4.57. The Labute approximate surface area is 197 Å². The fourth-order valence-electron chi connectivity index (χ4n) is 3.24. The summed E-state index contributed by atoms with van der Waals surface area (Å²) in [5.74, 6) is -3.20. The van der Waals surface area contributed by atoms with Crippen LogP contribution < -0.4 is 5.32 Å². The van der Waals surface area contributed by atoms with E-state index in [0.717, 1.165) is 4.90 Å². The summed E-state index contributed by atoms with van der Waals surface area (Å²) >= 11 is 1.21. The van der Waals surface area contributed by atoms with Gasteiger partial charge in [0, 0.05) is 23.8 Å². The van der Waals surface area contributed by atoms with Gasteiger partial charge in [0.1, 0.15) is 23.7 Å². The van der Waals surface area contributed by atoms with E-state index in [4.69, 9.17) is 4.74 Å². The van der Waals surface area contributed by atoms with E-state index in [1.54, 1.807) is 37.3 Å². The van der Waals surface area contributed by atoms with Gasteiger partial charge in [0.05, 0.1) is 6.61 Å². The van der Waals surface area contributed by atoms with Gasteiger partial charge in [-0.3, -0.25) is 24.1 Å². The van der Waals surface area contributed by atoms with Crippen LogP contribution >= 0.6 is 11.8 Å². The largest absolute Gasteiger partial charge is 0.535 e. The van der Waals surface area contributed by atoms with Gasteiger partial charge in [0.2, 0.25) is 0 Å². The molecule has 0 unspecified atom stereocenters. The average Bonchev–Trinajstić information content (AvgIpc) is 2.81. The highest BCUT2D eigenvalue weighted by atomic mass is 32.2. The minimum absolute atomic E-state index is 0.0470. The van der Waals surface area contributed by atoms with Crippen molar-refractivity contribution in [1.82, 2.24) is 10.2 Å². The number of carboxylic acid groups (broad SMARTS) is 1. The molecule has 13 heteroatoms. The van der Waals surface area contributed by atoms with Crippen molar-refractivity contribution >= 4 is 47.4 Å². The summed E-state index contributed by atoms with van der Waals surface area (Å²) in [6, 6.07) is 7.07. The number of fused-ring (bicyclic) bond motifs is 1. The fraction of sp³-hybridized carbons (Fsp3) is 0.333. The molecule has 1 aromatic carbocycles. The number of nitrogens with zero attached hydrogens (tertiary/aromatic N) is 2. The first-order valence-corrected chi connectivity index (χ1v) is 11.1. The van der Waals surface area contributed by atoms with Gasteiger partial charge in [0.25, 0.3) is 11.8 Å². The minimum Gasteiger partial charge on any atom is -0.477 e. The number of carbonyl (C=O) groups is 5. The summed E-state index contributed by atoms with van der Waals surface area (Å²) in [7, 11) is 0. The Morgan fingerprint density at radius 2 is 1.91 bits per heavy atom. The molecule has 34 heavy (non-hydrogen) atoms. The number of carboxylic acids is 1. The number of ether oxygens (including phenoxy) is 2. The number of thioether (sulfide) groups is 1. The first-order chi connectivity index (χ1) is 16.2. The third-order valence-corrected chi connectivity index (χ3v) is 6.06. The number of hydrogen-bond donors (Lipinski definition) is 2. The molecule has 12 nitrogen and oxygen atoms in total. The number of nitrogens with one attached hydrogen (secondary N) is 1. The van der Waals surface area contributed by atoms with Crippen LogP contribution in [-0.4, -0.2) is 76.0 Å². The Bertz CT molecular complexity index is 1070. The Balaban J connectivity index is 1.78. The van der Waals surface area contributed by atoms with Crippen molar-refractivity contribution in [2.75, 3.05) is 19.0 Å². The summed E-state index contributed by atoms with van der Waals surface area (Å²) in [4.78, 5) is 65.8. The standard InChI is InChI=1S/C21H21N3O9S/c1-3-31-21(30)33-23-14(12-7-5-4-6-8-12)17(26)22-15-18(27)24-16(20(28)29)13(9-32-11(2)25)10-34-19(15)24/h4-8,15,19H,3,9-10H2,1-2H3,(H,22,26)(H,28,29)/b23-14+/t15-,19-/m1/s1. The van der Waals surface area contributed by atoms with Gasteiger partial charge in [-0.25, -0.2) is 9.59 Å². The van der Waals surface area contributed by atoms with Crippen molar-refractivity contribution in [2.24, 2.45) is 5.16 Å². The number of oxime groups is 1. The van der Waals surface area contributed by atoms with Gasteiger partial charge in [0.15, 0.2) is 5.71 Å². The van der Waals surface area contributed by atoms with E-state index in [9.17, 15) is 29.1 Å². The lowest BCUT2D eigenvalue weighted by molar-refractivity contribution is -0.150. The minimum atomic E-state index is -1.35. The lowest BCUT2D eigenvalue weighted by Crippen LogP contribution is -2.71. The Morgan fingerprint density at radius 1 is 1.21 bits per heavy atom. The van der Waals surface area contributed by atoms with Crippen molar-refractivity contribution < 1.29 is 43.4 Å².